The molecule has 0 N–H and O–H groups in total. The summed E-state index contributed by atoms with van der Waals surface area (Å²) in [4.78, 5) is 52.0. The molecule has 0 radical (unpaired) electrons. The van der Waals surface area contributed by atoms with Crippen LogP contribution in [0.2, 0.25) is 0 Å². The van der Waals surface area contributed by atoms with Gasteiger partial charge in [-0.25, -0.2) is 19.9 Å². The Hall–Kier alpha value is -5.15. The summed E-state index contributed by atoms with van der Waals surface area (Å²) in [6.07, 6.45) is 10.1. The van der Waals surface area contributed by atoms with Gasteiger partial charge in [0.05, 0.1) is 67.8 Å². The lowest BCUT2D eigenvalue weighted by atomic mass is 9.76. The topological polar surface area (TPSA) is 145 Å². The highest BCUT2D eigenvalue weighted by atomic mass is 127. The van der Waals surface area contributed by atoms with Crippen LogP contribution in [0.4, 0.5) is 11.6 Å². The number of anilines is 2. The van der Waals surface area contributed by atoms with E-state index < -0.39 is 0 Å². The number of amides is 2. The summed E-state index contributed by atoms with van der Waals surface area (Å²) in [5.41, 5.74) is 4.89. The normalized spacial score (nSPS) is 20.2. The van der Waals surface area contributed by atoms with E-state index in [0.717, 1.165) is 134 Å². The Morgan fingerprint density at radius 3 is 1.66 bits per heavy atom. The Kier molecular flexibility index (Phi) is 14.5. The zero-order valence-electron chi connectivity index (χ0n) is 43.9. The standard InChI is InChI=1S/C25H29N5O2.C19H25BN2O3.C12H16IN3O/c1-2-23(31)29-8-9-30-21(16-29)24(27-25(30)17-6-7-17)19-5-3-4-18-14-22(26-15-20(18)19)28-10-12-32-13-11-28;1-18(2)19(3,4)25-20(24-18)16-7-5-6-14-12-17(21-13-15(14)16)22-8-10-23-11-9-22;1-2-10(17)15-5-6-16-9(7-15)11(13)14-12(16)8-3-4-8/h3-5,14-15,17H,2,6-13,16H2,1H3;5-7,12-13H,8-11H2,1-4H3;8H,2-7H2,1H3. The highest BCUT2D eigenvalue weighted by molar-refractivity contribution is 14.1. The summed E-state index contributed by atoms with van der Waals surface area (Å²) < 4.78 is 29.2. The van der Waals surface area contributed by atoms with Crippen LogP contribution in [-0.2, 0) is 54.6 Å². The fourth-order valence-corrected chi connectivity index (χ4v) is 11.5. The molecule has 0 bridgehead atoms. The minimum absolute atomic E-state index is 0.214. The van der Waals surface area contributed by atoms with Crippen LogP contribution >= 0.6 is 22.6 Å². The van der Waals surface area contributed by atoms with E-state index in [2.05, 4.69) is 123 Å². The van der Waals surface area contributed by atoms with Crippen molar-refractivity contribution >= 4 is 80.2 Å². The number of carbonyl (C=O) groups is 2. The Labute approximate surface area is 448 Å². The second-order valence-corrected chi connectivity index (χ2v) is 22.7. The van der Waals surface area contributed by atoms with Crippen molar-refractivity contribution in [1.82, 2.24) is 38.9 Å². The molecule has 16 nitrogen and oxygen atoms in total. The predicted octanol–water partition coefficient (Wildman–Crippen LogP) is 8.05. The van der Waals surface area contributed by atoms with Crippen LogP contribution in [0, 0.1) is 3.70 Å². The number of imidazole rings is 2. The lowest BCUT2D eigenvalue weighted by Gasteiger charge is -2.32. The number of aromatic nitrogens is 6. The van der Waals surface area contributed by atoms with Crippen molar-refractivity contribution in [2.75, 3.05) is 75.5 Å². The molecule has 6 aromatic rings. The van der Waals surface area contributed by atoms with Crippen LogP contribution in [0.25, 0.3) is 32.8 Å². The monoisotopic (exact) mass is 1120 g/mol. The molecule has 390 valence electrons. The Morgan fingerprint density at radius 2 is 1.12 bits per heavy atom. The number of halogens is 1. The average molecular weight is 1120 g/mol. The van der Waals surface area contributed by atoms with Gasteiger partial charge in [-0.05, 0) is 110 Å². The van der Waals surface area contributed by atoms with E-state index in [4.69, 9.17) is 33.7 Å². The zero-order chi connectivity index (χ0) is 51.3. The van der Waals surface area contributed by atoms with Crippen molar-refractivity contribution in [3.8, 4) is 11.3 Å². The molecule has 9 heterocycles. The van der Waals surface area contributed by atoms with E-state index in [1.807, 2.05) is 36.0 Å². The van der Waals surface area contributed by atoms with Gasteiger partial charge in [0.2, 0.25) is 11.8 Å². The minimum atomic E-state index is -0.371. The van der Waals surface area contributed by atoms with E-state index in [1.54, 1.807) is 0 Å². The molecule has 0 spiro atoms. The third kappa shape index (κ3) is 10.3. The molecule has 5 aliphatic heterocycles. The van der Waals surface area contributed by atoms with Crippen molar-refractivity contribution in [2.24, 2.45) is 0 Å². The first-order valence-electron chi connectivity index (χ1n) is 27.0. The first-order valence-corrected chi connectivity index (χ1v) is 28.1. The van der Waals surface area contributed by atoms with Crippen LogP contribution in [0.5, 0.6) is 0 Å². The summed E-state index contributed by atoms with van der Waals surface area (Å²) in [5, 5.41) is 4.53. The smallest absolute Gasteiger partial charge is 0.399 e. The van der Waals surface area contributed by atoms with Gasteiger partial charge in [-0.15, -0.1) is 0 Å². The third-order valence-corrected chi connectivity index (χ3v) is 17.0. The molecule has 3 saturated heterocycles. The number of nitrogens with zero attached hydrogens (tertiary/aromatic N) is 10. The number of hydrogen-bond donors (Lipinski definition) is 0. The van der Waals surface area contributed by atoms with Crippen molar-refractivity contribution in [3.63, 3.8) is 0 Å². The molecule has 2 aliphatic carbocycles. The fourth-order valence-electron chi connectivity index (χ4n) is 10.8. The van der Waals surface area contributed by atoms with Crippen LogP contribution in [-0.4, -0.2) is 135 Å². The molecule has 0 atom stereocenters. The van der Waals surface area contributed by atoms with Crippen LogP contribution in [0.3, 0.4) is 0 Å². The Morgan fingerprint density at radius 1 is 0.635 bits per heavy atom. The second-order valence-electron chi connectivity index (χ2n) is 21.6. The summed E-state index contributed by atoms with van der Waals surface area (Å²) in [6, 6.07) is 17.0. The summed E-state index contributed by atoms with van der Waals surface area (Å²) >= 11 is 2.30. The lowest BCUT2D eigenvalue weighted by molar-refractivity contribution is -0.133. The first kappa shape index (κ1) is 51.0. The zero-order valence-corrected chi connectivity index (χ0v) is 46.1. The fraction of sp³-hybridized carbons (Fsp3) is 0.536. The average Bonchev–Trinajstić information content (AvgIpc) is 4.38. The highest BCUT2D eigenvalue weighted by Gasteiger charge is 2.52. The van der Waals surface area contributed by atoms with Crippen molar-refractivity contribution in [1.29, 1.82) is 0 Å². The van der Waals surface area contributed by atoms with Gasteiger partial charge in [0.15, 0.2) is 0 Å². The number of carbonyl (C=O) groups excluding carboxylic acids is 2. The maximum absolute atomic E-state index is 12.5. The van der Waals surface area contributed by atoms with Gasteiger partial charge in [0.1, 0.15) is 27.0 Å². The van der Waals surface area contributed by atoms with E-state index >= 15 is 0 Å². The number of hydrogen-bond acceptors (Lipinski definition) is 12. The van der Waals surface area contributed by atoms with E-state index in [1.165, 1.54) is 54.1 Å². The summed E-state index contributed by atoms with van der Waals surface area (Å²) in [5.74, 6) is 6.18. The van der Waals surface area contributed by atoms with Gasteiger partial charge in [0.25, 0.3) is 0 Å². The van der Waals surface area contributed by atoms with Gasteiger partial charge in [-0.1, -0.05) is 50.2 Å². The molecular weight excluding hydrogens is 1050 g/mol. The Balaban J connectivity index is 0.000000125. The molecule has 13 rings (SSSR count). The van der Waals surface area contributed by atoms with Crippen LogP contribution in [0.15, 0.2) is 60.9 Å². The highest BCUT2D eigenvalue weighted by Crippen LogP contribution is 2.44. The van der Waals surface area contributed by atoms with Gasteiger partial charge in [-0.3, -0.25) is 9.59 Å². The number of morpholine rings is 2. The predicted molar refractivity (Wildman–Crippen MR) is 297 cm³/mol. The van der Waals surface area contributed by atoms with Crippen molar-refractivity contribution < 1.29 is 28.4 Å². The molecule has 4 aromatic heterocycles. The van der Waals surface area contributed by atoms with Crippen LogP contribution in [0.1, 0.15) is 115 Å². The maximum atomic E-state index is 12.5. The molecule has 7 aliphatic rings. The third-order valence-electron chi connectivity index (χ3n) is 16.2. The van der Waals surface area contributed by atoms with E-state index in [0.29, 0.717) is 31.2 Å². The van der Waals surface area contributed by atoms with E-state index in [-0.39, 0.29) is 30.1 Å². The number of benzene rings is 2. The quantitative estimate of drug-likeness (QED) is 0.107. The Bertz CT molecular complexity index is 3030. The summed E-state index contributed by atoms with van der Waals surface area (Å²) in [7, 11) is -0.371. The number of rotatable bonds is 8. The van der Waals surface area contributed by atoms with Gasteiger partial charge in [0, 0.05) is 100 Å². The molecule has 2 aromatic carbocycles. The number of fused-ring (bicyclic) bond motifs is 4. The largest absolute Gasteiger partial charge is 0.495 e. The minimum Gasteiger partial charge on any atom is -0.399 e. The maximum Gasteiger partial charge on any atom is 0.495 e. The molecule has 0 unspecified atom stereocenters. The lowest BCUT2D eigenvalue weighted by Crippen LogP contribution is -2.41. The summed E-state index contributed by atoms with van der Waals surface area (Å²) in [6.45, 7) is 23.4. The SMILES string of the molecule is CC1(C)OB(c2cccc3cc(N4CCOCC4)ncc23)OC1(C)C.CCC(=O)N1CCn2c(C3CC3)nc(-c3cccc4cc(N5CCOCC5)ncc34)c2C1.CCC(=O)N1CCn2c(C3CC3)nc(I)c2C1. The molecule has 2 amide bonds. The molecular formula is C56H70BIN10O6. The van der Waals surface area contributed by atoms with Gasteiger partial charge < -0.3 is 47.5 Å². The molecule has 2 saturated carbocycles. The van der Waals surface area contributed by atoms with Crippen LogP contribution < -0.4 is 15.3 Å². The molecule has 18 heteroatoms. The van der Waals surface area contributed by atoms with Crippen molar-refractivity contribution in [2.45, 2.75) is 129 Å². The number of ether oxygens (including phenoxy) is 2. The molecule has 74 heavy (non-hydrogen) atoms. The van der Waals surface area contributed by atoms with Gasteiger partial charge >= 0.3 is 7.12 Å². The van der Waals surface area contributed by atoms with E-state index in [9.17, 15) is 9.59 Å². The molecule has 5 fully saturated rings. The van der Waals surface area contributed by atoms with Crippen molar-refractivity contribution in [3.05, 3.63) is 87.7 Å². The second kappa shape index (κ2) is 21.1. The first-order chi connectivity index (χ1) is 35.8. The number of pyridine rings is 2. The van der Waals surface area contributed by atoms with Gasteiger partial charge in [-0.2, -0.15) is 0 Å².